The maximum atomic E-state index is 12.6. The van der Waals surface area contributed by atoms with Gasteiger partial charge in [0.2, 0.25) is 0 Å². The van der Waals surface area contributed by atoms with Gasteiger partial charge < -0.3 is 15.5 Å². The Morgan fingerprint density at radius 1 is 1.50 bits per heavy atom. The maximum Gasteiger partial charge on any atom is 0.263 e. The number of aromatic nitrogens is 1. The molecule has 22 heavy (non-hydrogen) atoms. The second-order valence-corrected chi connectivity index (χ2v) is 7.19. The fourth-order valence-corrected chi connectivity index (χ4v) is 3.54. The van der Waals surface area contributed by atoms with Gasteiger partial charge in [-0.25, -0.2) is 4.98 Å². The quantitative estimate of drug-likeness (QED) is 0.888. The summed E-state index contributed by atoms with van der Waals surface area (Å²) in [5.74, 6) is 1.93. The zero-order valence-electron chi connectivity index (χ0n) is 13.1. The smallest absolute Gasteiger partial charge is 0.263 e. The zero-order chi connectivity index (χ0) is 15.9. The van der Waals surface area contributed by atoms with Gasteiger partial charge in [-0.3, -0.25) is 4.79 Å². The SMILES string of the molecule is Cc1ccc(-c2nc(C)c(C(=O)NC(C)(CN)C3CC3)s2)o1. The van der Waals surface area contributed by atoms with Crippen molar-refractivity contribution < 1.29 is 9.21 Å². The largest absolute Gasteiger partial charge is 0.459 e. The van der Waals surface area contributed by atoms with Gasteiger partial charge in [-0.05, 0) is 51.7 Å². The highest BCUT2D eigenvalue weighted by molar-refractivity contribution is 7.17. The molecule has 6 heteroatoms. The summed E-state index contributed by atoms with van der Waals surface area (Å²) in [7, 11) is 0. The molecule has 0 radical (unpaired) electrons. The Kier molecular flexibility index (Phi) is 3.82. The standard InChI is InChI=1S/C16H21N3O2S/c1-9-4-7-12(21-9)15-18-10(2)13(22-15)14(20)19-16(3,8-17)11-5-6-11/h4,7,11H,5-6,8,17H2,1-3H3,(H,19,20). The molecule has 1 saturated carbocycles. The molecule has 0 aromatic carbocycles. The first-order valence-electron chi connectivity index (χ1n) is 7.50. The van der Waals surface area contributed by atoms with Crippen molar-refractivity contribution in [1.82, 2.24) is 10.3 Å². The van der Waals surface area contributed by atoms with Gasteiger partial charge >= 0.3 is 0 Å². The third-order valence-corrected chi connectivity index (χ3v) is 5.43. The van der Waals surface area contributed by atoms with Crippen molar-refractivity contribution in [2.75, 3.05) is 6.54 Å². The number of nitrogens with two attached hydrogens (primary N) is 1. The molecule has 2 heterocycles. The van der Waals surface area contributed by atoms with Crippen molar-refractivity contribution in [3.63, 3.8) is 0 Å². The Labute approximate surface area is 133 Å². The number of carbonyl (C=O) groups is 1. The molecule has 0 spiro atoms. The van der Waals surface area contributed by atoms with Crippen LogP contribution in [-0.4, -0.2) is 23.0 Å². The molecule has 118 valence electrons. The molecular weight excluding hydrogens is 298 g/mol. The molecule has 3 N–H and O–H groups in total. The van der Waals surface area contributed by atoms with E-state index in [-0.39, 0.29) is 11.4 Å². The summed E-state index contributed by atoms with van der Waals surface area (Å²) >= 11 is 1.36. The minimum absolute atomic E-state index is 0.0932. The molecule has 0 saturated heterocycles. The van der Waals surface area contributed by atoms with Crippen LogP contribution in [0.4, 0.5) is 0 Å². The van der Waals surface area contributed by atoms with E-state index in [4.69, 9.17) is 10.2 Å². The van der Waals surface area contributed by atoms with Gasteiger partial charge in [0.05, 0.1) is 11.2 Å². The Morgan fingerprint density at radius 3 is 2.77 bits per heavy atom. The second-order valence-electron chi connectivity index (χ2n) is 6.19. The van der Waals surface area contributed by atoms with Gasteiger partial charge in [-0.15, -0.1) is 11.3 Å². The fraction of sp³-hybridized carbons (Fsp3) is 0.500. The molecule has 1 aliphatic carbocycles. The van der Waals surface area contributed by atoms with E-state index in [1.165, 1.54) is 11.3 Å². The molecule has 2 aromatic heterocycles. The number of aryl methyl sites for hydroxylation is 2. The fourth-order valence-electron chi connectivity index (χ4n) is 2.62. The Hall–Kier alpha value is -1.66. The topological polar surface area (TPSA) is 81.2 Å². The summed E-state index contributed by atoms with van der Waals surface area (Å²) in [5, 5.41) is 3.84. The van der Waals surface area contributed by atoms with Crippen LogP contribution in [0.5, 0.6) is 0 Å². The number of furan rings is 1. The number of rotatable bonds is 5. The minimum Gasteiger partial charge on any atom is -0.459 e. The van der Waals surface area contributed by atoms with Crippen molar-refractivity contribution in [3.8, 4) is 10.8 Å². The van der Waals surface area contributed by atoms with E-state index in [0.29, 0.717) is 23.1 Å². The molecule has 5 nitrogen and oxygen atoms in total. The average Bonchev–Trinajstić information content (AvgIpc) is 3.15. The molecule has 2 aromatic rings. The first-order chi connectivity index (χ1) is 10.4. The first-order valence-corrected chi connectivity index (χ1v) is 8.31. The number of carbonyl (C=O) groups excluding carboxylic acids is 1. The van der Waals surface area contributed by atoms with E-state index in [9.17, 15) is 4.79 Å². The number of nitrogens with zero attached hydrogens (tertiary/aromatic N) is 1. The molecule has 1 unspecified atom stereocenters. The van der Waals surface area contributed by atoms with Crippen molar-refractivity contribution in [1.29, 1.82) is 0 Å². The minimum atomic E-state index is -0.324. The van der Waals surface area contributed by atoms with Gasteiger partial charge in [-0.2, -0.15) is 0 Å². The van der Waals surface area contributed by atoms with E-state index in [1.54, 1.807) is 0 Å². The van der Waals surface area contributed by atoms with E-state index in [2.05, 4.69) is 10.3 Å². The van der Waals surface area contributed by atoms with Crippen LogP contribution in [-0.2, 0) is 0 Å². The molecule has 1 aliphatic rings. The Morgan fingerprint density at radius 2 is 2.23 bits per heavy atom. The maximum absolute atomic E-state index is 12.6. The number of hydrogen-bond acceptors (Lipinski definition) is 5. The van der Waals surface area contributed by atoms with Gasteiger partial charge in [-0.1, -0.05) is 0 Å². The molecule has 3 rings (SSSR count). The van der Waals surface area contributed by atoms with E-state index >= 15 is 0 Å². The lowest BCUT2D eigenvalue weighted by Gasteiger charge is -2.29. The monoisotopic (exact) mass is 319 g/mol. The van der Waals surface area contributed by atoms with Crippen LogP contribution in [0.3, 0.4) is 0 Å². The molecule has 1 fully saturated rings. The zero-order valence-corrected chi connectivity index (χ0v) is 13.9. The summed E-state index contributed by atoms with van der Waals surface area (Å²) in [5.41, 5.74) is 6.27. The summed E-state index contributed by atoms with van der Waals surface area (Å²) in [4.78, 5) is 17.7. The Balaban J connectivity index is 1.82. The first kappa shape index (κ1) is 15.2. The molecular formula is C16H21N3O2S. The number of amides is 1. The van der Waals surface area contributed by atoms with Crippen LogP contribution in [0.1, 0.15) is 40.9 Å². The number of thiazole rings is 1. The van der Waals surface area contributed by atoms with Crippen LogP contribution in [0.15, 0.2) is 16.5 Å². The highest BCUT2D eigenvalue weighted by Crippen LogP contribution is 2.39. The lowest BCUT2D eigenvalue weighted by molar-refractivity contribution is 0.0901. The van der Waals surface area contributed by atoms with Crippen molar-refractivity contribution in [2.45, 2.75) is 39.2 Å². The van der Waals surface area contributed by atoms with Crippen LogP contribution in [0.2, 0.25) is 0 Å². The van der Waals surface area contributed by atoms with Gasteiger partial charge in [0.1, 0.15) is 10.6 Å². The van der Waals surface area contributed by atoms with Crippen molar-refractivity contribution in [2.24, 2.45) is 11.7 Å². The normalized spacial score (nSPS) is 17.3. The van der Waals surface area contributed by atoms with Crippen LogP contribution in [0.25, 0.3) is 10.8 Å². The second kappa shape index (κ2) is 5.52. The number of nitrogens with one attached hydrogen (secondary N) is 1. The average molecular weight is 319 g/mol. The van der Waals surface area contributed by atoms with Gasteiger partial charge in [0.15, 0.2) is 10.8 Å². The summed E-state index contributed by atoms with van der Waals surface area (Å²) < 4.78 is 5.58. The predicted octanol–water partition coefficient (Wildman–Crippen LogP) is 2.88. The molecule has 1 atom stereocenters. The van der Waals surface area contributed by atoms with E-state index in [1.807, 2.05) is 32.9 Å². The van der Waals surface area contributed by atoms with E-state index in [0.717, 1.165) is 29.3 Å². The van der Waals surface area contributed by atoms with Gasteiger partial charge in [0, 0.05) is 6.54 Å². The highest BCUT2D eigenvalue weighted by atomic mass is 32.1. The third kappa shape index (κ3) is 2.80. The predicted molar refractivity (Wildman–Crippen MR) is 86.9 cm³/mol. The lowest BCUT2D eigenvalue weighted by atomic mass is 9.96. The van der Waals surface area contributed by atoms with Crippen LogP contribution >= 0.6 is 11.3 Å². The summed E-state index contributed by atoms with van der Waals surface area (Å²) in [6.45, 7) is 6.21. The van der Waals surface area contributed by atoms with Crippen LogP contribution in [0, 0.1) is 19.8 Å². The molecule has 1 amide bonds. The third-order valence-electron chi connectivity index (χ3n) is 4.26. The molecule has 0 bridgehead atoms. The number of hydrogen-bond donors (Lipinski definition) is 2. The molecule has 0 aliphatic heterocycles. The van der Waals surface area contributed by atoms with Crippen LogP contribution < -0.4 is 11.1 Å². The lowest BCUT2D eigenvalue weighted by Crippen LogP contribution is -2.53. The van der Waals surface area contributed by atoms with E-state index < -0.39 is 0 Å². The summed E-state index contributed by atoms with van der Waals surface area (Å²) in [6.07, 6.45) is 2.26. The van der Waals surface area contributed by atoms with Crippen molar-refractivity contribution in [3.05, 3.63) is 28.5 Å². The van der Waals surface area contributed by atoms with Gasteiger partial charge in [0.25, 0.3) is 5.91 Å². The summed E-state index contributed by atoms with van der Waals surface area (Å²) in [6, 6.07) is 3.77. The highest BCUT2D eigenvalue weighted by Gasteiger charge is 2.42. The Bertz CT molecular complexity index is 702. The van der Waals surface area contributed by atoms with Crippen molar-refractivity contribution >= 4 is 17.2 Å².